The third-order valence-corrected chi connectivity index (χ3v) is 3.41. The first kappa shape index (κ1) is 8.22. The van der Waals surface area contributed by atoms with Gasteiger partial charge in [-0.1, -0.05) is 0 Å². The number of H-pyrrole nitrogens is 1. The van der Waals surface area contributed by atoms with Gasteiger partial charge in [-0.15, -0.1) is 11.3 Å². The molecule has 0 fully saturated rings. The number of nitrogens with zero attached hydrogens (tertiary/aromatic N) is 1. The molecule has 0 atom stereocenters. The summed E-state index contributed by atoms with van der Waals surface area (Å²) in [6, 6.07) is 0. The summed E-state index contributed by atoms with van der Waals surface area (Å²) in [7, 11) is 0. The first-order valence-corrected chi connectivity index (χ1v) is 5.06. The molecule has 3 nitrogen and oxygen atoms in total. The fraction of sp³-hybridized carbons (Fsp3) is 0. The summed E-state index contributed by atoms with van der Waals surface area (Å²) in [5, 5.41) is 1.93. The van der Waals surface area contributed by atoms with Crippen molar-refractivity contribution in [2.45, 2.75) is 0 Å². The van der Waals surface area contributed by atoms with Crippen LogP contribution in [0.15, 0.2) is 14.6 Å². The predicted molar refractivity (Wildman–Crippen MR) is 53.0 cm³/mol. The van der Waals surface area contributed by atoms with Gasteiger partial charge >= 0.3 is 0 Å². The Bertz CT molecular complexity index is 492. The summed E-state index contributed by atoms with van der Waals surface area (Å²) in [5.41, 5.74) is 0.425. The lowest BCUT2D eigenvalue weighted by molar-refractivity contribution is 1.18. The van der Waals surface area contributed by atoms with E-state index in [-0.39, 0.29) is 10.8 Å². The molecule has 0 aromatic carbocycles. The van der Waals surface area contributed by atoms with Gasteiger partial charge in [0.15, 0.2) is 0 Å². The zero-order valence-corrected chi connectivity index (χ0v) is 8.76. The molecule has 0 saturated carbocycles. The lowest BCUT2D eigenvalue weighted by Crippen LogP contribution is -2.05. The van der Waals surface area contributed by atoms with Gasteiger partial charge in [0.2, 0.25) is 5.28 Å². The number of halogens is 2. The Morgan fingerprint density at radius 2 is 2.42 bits per heavy atom. The third kappa shape index (κ3) is 1.18. The van der Waals surface area contributed by atoms with Crippen LogP contribution in [0.4, 0.5) is 0 Å². The molecule has 0 aliphatic rings. The zero-order valence-electron chi connectivity index (χ0n) is 5.60. The molecule has 0 amide bonds. The number of hydrogen-bond donors (Lipinski definition) is 1. The molecule has 2 aromatic heterocycles. The fourth-order valence-corrected chi connectivity index (χ4v) is 2.50. The molecule has 1 N–H and O–H groups in total. The number of aromatic nitrogens is 2. The SMILES string of the molecule is O=c1[nH]c(Cl)nc2c(Br)csc12. The highest BCUT2D eigenvalue weighted by atomic mass is 79.9. The minimum Gasteiger partial charge on any atom is -0.296 e. The van der Waals surface area contributed by atoms with Gasteiger partial charge in [-0.2, -0.15) is 0 Å². The Balaban J connectivity index is 3.03. The van der Waals surface area contributed by atoms with Crippen molar-refractivity contribution in [3.63, 3.8) is 0 Å². The monoisotopic (exact) mass is 264 g/mol. The van der Waals surface area contributed by atoms with E-state index < -0.39 is 0 Å². The molecule has 2 aromatic rings. The quantitative estimate of drug-likeness (QED) is 0.744. The van der Waals surface area contributed by atoms with Crippen molar-refractivity contribution in [2.75, 3.05) is 0 Å². The highest BCUT2D eigenvalue weighted by molar-refractivity contribution is 9.10. The Hall–Kier alpha value is -0.390. The van der Waals surface area contributed by atoms with Gasteiger partial charge in [0.05, 0.1) is 4.47 Å². The van der Waals surface area contributed by atoms with Crippen LogP contribution in [0.25, 0.3) is 10.2 Å². The first-order valence-electron chi connectivity index (χ1n) is 3.01. The van der Waals surface area contributed by atoms with E-state index in [2.05, 4.69) is 25.9 Å². The Morgan fingerprint density at radius 1 is 1.67 bits per heavy atom. The van der Waals surface area contributed by atoms with E-state index in [1.165, 1.54) is 11.3 Å². The molecule has 0 aliphatic heterocycles. The fourth-order valence-electron chi connectivity index (χ4n) is 0.873. The average molecular weight is 266 g/mol. The maximum absolute atomic E-state index is 11.2. The standard InChI is InChI=1S/C6H2BrClN2OS/c7-2-1-12-4-3(2)9-6(8)10-5(4)11/h1H,(H,9,10,11). The summed E-state index contributed by atoms with van der Waals surface area (Å²) in [5.74, 6) is 0. The lowest BCUT2D eigenvalue weighted by Gasteiger charge is -1.90. The molecule has 0 spiro atoms. The molecule has 2 rings (SSSR count). The van der Waals surface area contributed by atoms with Crippen LogP contribution in [0, 0.1) is 0 Å². The van der Waals surface area contributed by atoms with Crippen LogP contribution < -0.4 is 5.56 Å². The summed E-state index contributed by atoms with van der Waals surface area (Å²) < 4.78 is 1.39. The van der Waals surface area contributed by atoms with Crippen LogP contribution in [0.2, 0.25) is 5.28 Å². The second kappa shape index (κ2) is 2.83. The molecule has 0 radical (unpaired) electrons. The number of aromatic amines is 1. The van der Waals surface area contributed by atoms with Crippen LogP contribution in [-0.4, -0.2) is 9.97 Å². The van der Waals surface area contributed by atoms with Gasteiger partial charge in [-0.25, -0.2) is 4.98 Å². The summed E-state index contributed by atoms with van der Waals surface area (Å²) in [4.78, 5) is 17.6. The summed E-state index contributed by atoms with van der Waals surface area (Å²) in [6.45, 7) is 0. The number of nitrogens with one attached hydrogen (secondary N) is 1. The van der Waals surface area contributed by atoms with Crippen molar-refractivity contribution >= 4 is 49.1 Å². The van der Waals surface area contributed by atoms with Gasteiger partial charge in [0.25, 0.3) is 5.56 Å². The normalized spacial score (nSPS) is 10.8. The van der Waals surface area contributed by atoms with E-state index >= 15 is 0 Å². The topological polar surface area (TPSA) is 45.8 Å². The molecule has 0 bridgehead atoms. The third-order valence-electron chi connectivity index (χ3n) is 1.35. The van der Waals surface area contributed by atoms with Gasteiger partial charge in [-0.05, 0) is 27.5 Å². The summed E-state index contributed by atoms with van der Waals surface area (Å²) >= 11 is 10.2. The predicted octanol–water partition coefficient (Wildman–Crippen LogP) is 2.40. The van der Waals surface area contributed by atoms with Crippen molar-refractivity contribution in [3.8, 4) is 0 Å². The van der Waals surface area contributed by atoms with Gasteiger partial charge in [0.1, 0.15) is 10.2 Å². The van der Waals surface area contributed by atoms with Crippen LogP contribution in [0.1, 0.15) is 0 Å². The molecular formula is C6H2BrClN2OS. The molecule has 0 saturated heterocycles. The molecular weight excluding hydrogens is 264 g/mol. The van der Waals surface area contributed by atoms with E-state index in [0.717, 1.165) is 4.47 Å². The van der Waals surface area contributed by atoms with Crippen molar-refractivity contribution in [1.82, 2.24) is 9.97 Å². The maximum atomic E-state index is 11.2. The molecule has 12 heavy (non-hydrogen) atoms. The number of hydrogen-bond acceptors (Lipinski definition) is 3. The van der Waals surface area contributed by atoms with E-state index in [0.29, 0.717) is 10.2 Å². The Labute approximate surface area is 84.5 Å². The maximum Gasteiger partial charge on any atom is 0.269 e. The van der Waals surface area contributed by atoms with Crippen molar-refractivity contribution in [1.29, 1.82) is 0 Å². The van der Waals surface area contributed by atoms with Gasteiger partial charge < -0.3 is 0 Å². The average Bonchev–Trinajstić information content (AvgIpc) is 2.33. The van der Waals surface area contributed by atoms with Crippen molar-refractivity contribution in [3.05, 3.63) is 25.5 Å². The Kier molecular flexibility index (Phi) is 1.94. The highest BCUT2D eigenvalue weighted by Gasteiger charge is 2.07. The second-order valence-corrected chi connectivity index (χ2v) is 4.21. The molecule has 62 valence electrons. The number of thiophene rings is 1. The summed E-state index contributed by atoms with van der Waals surface area (Å²) in [6.07, 6.45) is 0. The second-order valence-electron chi connectivity index (χ2n) is 2.12. The largest absolute Gasteiger partial charge is 0.296 e. The minimum atomic E-state index is -0.194. The van der Waals surface area contributed by atoms with Crippen molar-refractivity contribution < 1.29 is 0 Å². The number of rotatable bonds is 0. The molecule has 6 heteroatoms. The van der Waals surface area contributed by atoms with E-state index in [1.807, 2.05) is 5.38 Å². The molecule has 0 unspecified atom stereocenters. The van der Waals surface area contributed by atoms with E-state index in [1.54, 1.807) is 0 Å². The lowest BCUT2D eigenvalue weighted by atomic mass is 10.5. The van der Waals surface area contributed by atoms with E-state index in [9.17, 15) is 4.79 Å². The van der Waals surface area contributed by atoms with Crippen LogP contribution in [0.5, 0.6) is 0 Å². The van der Waals surface area contributed by atoms with Crippen LogP contribution >= 0.6 is 38.9 Å². The minimum absolute atomic E-state index is 0.117. The first-order chi connectivity index (χ1) is 5.68. The van der Waals surface area contributed by atoms with Gasteiger partial charge in [-0.3, -0.25) is 9.78 Å². The Morgan fingerprint density at radius 3 is 3.17 bits per heavy atom. The van der Waals surface area contributed by atoms with Crippen LogP contribution in [0.3, 0.4) is 0 Å². The molecule has 0 aliphatic carbocycles. The molecule has 2 heterocycles. The smallest absolute Gasteiger partial charge is 0.269 e. The van der Waals surface area contributed by atoms with Crippen LogP contribution in [-0.2, 0) is 0 Å². The number of fused-ring (bicyclic) bond motifs is 1. The van der Waals surface area contributed by atoms with Gasteiger partial charge in [0, 0.05) is 5.38 Å². The van der Waals surface area contributed by atoms with Crippen molar-refractivity contribution in [2.24, 2.45) is 0 Å². The highest BCUT2D eigenvalue weighted by Crippen LogP contribution is 2.26. The van der Waals surface area contributed by atoms with E-state index in [4.69, 9.17) is 11.6 Å². The zero-order chi connectivity index (χ0) is 8.72.